The predicted molar refractivity (Wildman–Crippen MR) is 144 cm³/mol. The van der Waals surface area contributed by atoms with Crippen molar-refractivity contribution in [3.8, 4) is 0 Å². The minimum absolute atomic E-state index is 0.0436. The lowest BCUT2D eigenvalue weighted by atomic mass is 9.95. The molecule has 2 unspecified atom stereocenters. The lowest BCUT2D eigenvalue weighted by molar-refractivity contribution is -0.134. The number of benzene rings is 3. The lowest BCUT2D eigenvalue weighted by Crippen LogP contribution is -2.52. The standard InChI is InChI=1S/C26H25Cl2IN2O2/c27-21-8-6-19(7-9-21)25-16-30(26(33)23(17-32)18-4-2-1-3-5-18)12-13-31(25)24-11-10-22(28)14-20(24)15-29/h1-11,14,23,25,32H,12-13,15-17H2. The van der Waals surface area contributed by atoms with Crippen LogP contribution in [-0.4, -0.2) is 42.2 Å². The number of rotatable bonds is 6. The van der Waals surface area contributed by atoms with Gasteiger partial charge in [-0.3, -0.25) is 4.79 Å². The van der Waals surface area contributed by atoms with Gasteiger partial charge < -0.3 is 14.9 Å². The summed E-state index contributed by atoms with van der Waals surface area (Å²) >= 11 is 14.8. The molecule has 0 aliphatic carbocycles. The van der Waals surface area contributed by atoms with Gasteiger partial charge in [-0.25, -0.2) is 0 Å². The summed E-state index contributed by atoms with van der Waals surface area (Å²) in [5.74, 6) is -0.614. The molecule has 3 aromatic rings. The van der Waals surface area contributed by atoms with Crippen molar-refractivity contribution < 1.29 is 9.90 Å². The molecule has 0 aromatic heterocycles. The number of anilines is 1. The third kappa shape index (κ3) is 5.48. The molecule has 1 heterocycles. The first-order chi connectivity index (χ1) is 16.0. The van der Waals surface area contributed by atoms with Gasteiger partial charge in [0, 0.05) is 39.8 Å². The number of aliphatic hydroxyl groups excluding tert-OH is 1. The predicted octanol–water partition coefficient (Wildman–Crippen LogP) is 6.09. The molecule has 3 aromatic carbocycles. The first kappa shape index (κ1) is 24.3. The fourth-order valence-corrected chi connectivity index (χ4v) is 5.35. The molecule has 4 nitrogen and oxygen atoms in total. The van der Waals surface area contributed by atoms with Gasteiger partial charge in [-0.05, 0) is 47.0 Å². The Balaban J connectivity index is 1.67. The molecule has 1 fully saturated rings. The maximum absolute atomic E-state index is 13.5. The number of nitrogens with zero attached hydrogens (tertiary/aromatic N) is 2. The van der Waals surface area contributed by atoms with Gasteiger partial charge in [-0.2, -0.15) is 0 Å². The zero-order valence-electron chi connectivity index (χ0n) is 18.0. The molecule has 1 aliphatic rings. The number of halogens is 3. The maximum atomic E-state index is 13.5. The molecule has 0 bridgehead atoms. The second kappa shape index (κ2) is 11.1. The van der Waals surface area contributed by atoms with Gasteiger partial charge in [0.2, 0.25) is 5.91 Å². The number of carbonyl (C=O) groups is 1. The van der Waals surface area contributed by atoms with Crippen LogP contribution in [0.25, 0.3) is 0 Å². The molecular formula is C26H25Cl2IN2O2. The molecule has 1 N–H and O–H groups in total. The summed E-state index contributed by atoms with van der Waals surface area (Å²) in [4.78, 5) is 17.7. The Morgan fingerprint density at radius 2 is 1.70 bits per heavy atom. The van der Waals surface area contributed by atoms with E-state index in [4.69, 9.17) is 23.2 Å². The molecule has 0 spiro atoms. The van der Waals surface area contributed by atoms with Gasteiger partial charge in [0.1, 0.15) is 0 Å². The van der Waals surface area contributed by atoms with E-state index >= 15 is 0 Å². The molecule has 0 saturated carbocycles. The van der Waals surface area contributed by atoms with Crippen LogP contribution >= 0.6 is 45.8 Å². The van der Waals surface area contributed by atoms with E-state index in [0.717, 1.165) is 26.3 Å². The summed E-state index contributed by atoms with van der Waals surface area (Å²) in [5, 5.41) is 11.4. The van der Waals surface area contributed by atoms with Gasteiger partial charge in [-0.15, -0.1) is 0 Å². The maximum Gasteiger partial charge on any atom is 0.232 e. The molecule has 1 aliphatic heterocycles. The SMILES string of the molecule is O=C(C(CO)c1ccccc1)N1CCN(c2ccc(Cl)cc2CI)C(c2ccc(Cl)cc2)C1. The van der Waals surface area contributed by atoms with Gasteiger partial charge in [0.05, 0.1) is 18.6 Å². The molecule has 4 rings (SSSR count). The van der Waals surface area contributed by atoms with E-state index in [1.807, 2.05) is 71.6 Å². The van der Waals surface area contributed by atoms with Crippen LogP contribution in [0.3, 0.4) is 0 Å². The van der Waals surface area contributed by atoms with Crippen molar-refractivity contribution in [2.24, 2.45) is 0 Å². The van der Waals surface area contributed by atoms with Crippen LogP contribution < -0.4 is 4.90 Å². The summed E-state index contributed by atoms with van der Waals surface area (Å²) in [6.45, 7) is 1.56. The Bertz CT molecular complexity index is 1100. The van der Waals surface area contributed by atoms with Crippen LogP contribution in [0.4, 0.5) is 5.69 Å². The molecule has 0 radical (unpaired) electrons. The van der Waals surface area contributed by atoms with E-state index in [2.05, 4.69) is 33.6 Å². The quantitative estimate of drug-likeness (QED) is 0.277. The molecule has 172 valence electrons. The number of carbonyl (C=O) groups excluding carboxylic acids is 1. The van der Waals surface area contributed by atoms with E-state index in [9.17, 15) is 9.90 Å². The molecule has 33 heavy (non-hydrogen) atoms. The third-order valence-electron chi connectivity index (χ3n) is 6.12. The second-order valence-corrected chi connectivity index (χ2v) is 9.73. The fourth-order valence-electron chi connectivity index (χ4n) is 4.41. The minimum atomic E-state index is -0.566. The lowest BCUT2D eigenvalue weighted by Gasteiger charge is -2.44. The Labute approximate surface area is 218 Å². The van der Waals surface area contributed by atoms with Crippen molar-refractivity contribution in [1.29, 1.82) is 0 Å². The largest absolute Gasteiger partial charge is 0.395 e. The average Bonchev–Trinajstić information content (AvgIpc) is 2.85. The monoisotopic (exact) mass is 594 g/mol. The number of alkyl halides is 1. The average molecular weight is 595 g/mol. The zero-order valence-corrected chi connectivity index (χ0v) is 21.7. The Morgan fingerprint density at radius 3 is 2.36 bits per heavy atom. The molecular weight excluding hydrogens is 570 g/mol. The molecule has 7 heteroatoms. The van der Waals surface area contributed by atoms with Crippen LogP contribution in [0.15, 0.2) is 72.8 Å². The van der Waals surface area contributed by atoms with Crippen molar-refractivity contribution in [3.05, 3.63) is 99.5 Å². The summed E-state index contributed by atoms with van der Waals surface area (Å²) in [7, 11) is 0. The normalized spacial score (nSPS) is 17.2. The van der Waals surface area contributed by atoms with Crippen molar-refractivity contribution in [1.82, 2.24) is 4.90 Å². The highest BCUT2D eigenvalue weighted by Gasteiger charge is 2.34. The van der Waals surface area contributed by atoms with E-state index in [0.29, 0.717) is 24.7 Å². The number of hydrogen-bond acceptors (Lipinski definition) is 3. The van der Waals surface area contributed by atoms with E-state index in [-0.39, 0.29) is 18.6 Å². The second-order valence-electron chi connectivity index (χ2n) is 8.10. The number of piperazine rings is 1. The van der Waals surface area contributed by atoms with Crippen LogP contribution in [-0.2, 0) is 9.22 Å². The highest BCUT2D eigenvalue weighted by atomic mass is 127. The summed E-state index contributed by atoms with van der Waals surface area (Å²) in [6, 6.07) is 23.3. The molecule has 2 atom stereocenters. The number of hydrogen-bond donors (Lipinski definition) is 1. The van der Waals surface area contributed by atoms with Crippen molar-refractivity contribution in [2.75, 3.05) is 31.1 Å². The Hall–Kier alpha value is -1.80. The van der Waals surface area contributed by atoms with Gasteiger partial charge in [0.15, 0.2) is 0 Å². The van der Waals surface area contributed by atoms with Gasteiger partial charge >= 0.3 is 0 Å². The summed E-state index contributed by atoms with van der Waals surface area (Å²) in [5.41, 5.74) is 4.22. The Morgan fingerprint density at radius 1 is 1.00 bits per heavy atom. The highest BCUT2D eigenvalue weighted by molar-refractivity contribution is 14.1. The third-order valence-corrected chi connectivity index (χ3v) is 7.43. The zero-order chi connectivity index (χ0) is 23.4. The van der Waals surface area contributed by atoms with E-state index in [1.54, 1.807) is 0 Å². The first-order valence-corrected chi connectivity index (χ1v) is 13.1. The number of aliphatic hydroxyl groups is 1. The van der Waals surface area contributed by atoms with Crippen molar-refractivity contribution in [2.45, 2.75) is 16.4 Å². The minimum Gasteiger partial charge on any atom is -0.395 e. The van der Waals surface area contributed by atoms with Crippen LogP contribution in [0, 0.1) is 0 Å². The molecule has 1 amide bonds. The molecule has 1 saturated heterocycles. The summed E-state index contributed by atoms with van der Waals surface area (Å²) < 4.78 is 0.834. The number of amides is 1. The van der Waals surface area contributed by atoms with Crippen molar-refractivity contribution >= 4 is 57.4 Å². The fraction of sp³-hybridized carbons (Fsp3) is 0.269. The van der Waals surface area contributed by atoms with Crippen LogP contribution in [0.1, 0.15) is 28.7 Å². The highest BCUT2D eigenvalue weighted by Crippen LogP contribution is 2.36. The Kier molecular flexibility index (Phi) is 8.17. The van der Waals surface area contributed by atoms with Gasteiger partial charge in [0.25, 0.3) is 0 Å². The van der Waals surface area contributed by atoms with Crippen molar-refractivity contribution in [3.63, 3.8) is 0 Å². The van der Waals surface area contributed by atoms with E-state index in [1.165, 1.54) is 5.56 Å². The first-order valence-electron chi connectivity index (χ1n) is 10.8. The topological polar surface area (TPSA) is 43.8 Å². The van der Waals surface area contributed by atoms with Crippen LogP contribution in [0.5, 0.6) is 0 Å². The van der Waals surface area contributed by atoms with Gasteiger partial charge in [-0.1, -0.05) is 88.3 Å². The van der Waals surface area contributed by atoms with Crippen LogP contribution in [0.2, 0.25) is 10.0 Å². The smallest absolute Gasteiger partial charge is 0.232 e. The van der Waals surface area contributed by atoms with E-state index < -0.39 is 5.92 Å². The summed E-state index contributed by atoms with van der Waals surface area (Å²) in [6.07, 6.45) is 0.